The fourth-order valence-electron chi connectivity index (χ4n) is 1.53. The van der Waals surface area contributed by atoms with Crippen molar-refractivity contribution in [2.24, 2.45) is 5.73 Å². The van der Waals surface area contributed by atoms with E-state index in [1.165, 1.54) is 0 Å². The Labute approximate surface area is 104 Å². The highest BCUT2D eigenvalue weighted by molar-refractivity contribution is 5.33. The lowest BCUT2D eigenvalue weighted by Gasteiger charge is -2.11. The third-order valence-corrected chi connectivity index (χ3v) is 2.52. The normalized spacial score (nSPS) is 12.4. The summed E-state index contributed by atoms with van der Waals surface area (Å²) in [5.74, 6) is 1.29. The Balaban J connectivity index is 2.09. The molecule has 2 aromatic carbocycles. The zero-order valence-corrected chi connectivity index (χ0v) is 9.59. The van der Waals surface area contributed by atoms with E-state index in [2.05, 4.69) is 0 Å². The van der Waals surface area contributed by atoms with Gasteiger partial charge in [-0.15, -0.1) is 0 Å². The van der Waals surface area contributed by atoms with Gasteiger partial charge >= 0.3 is 0 Å². The minimum Gasteiger partial charge on any atom is -0.457 e. The number of rotatable bonds is 4. The van der Waals surface area contributed by atoms with E-state index in [0.29, 0.717) is 17.1 Å². The van der Waals surface area contributed by atoms with Crippen LogP contribution in [-0.2, 0) is 0 Å². The van der Waals surface area contributed by atoms with Gasteiger partial charge in [0.1, 0.15) is 11.5 Å². The number of halogens is 2. The predicted octanol–water partition coefficient (Wildman–Crippen LogP) is 3.74. The van der Waals surface area contributed by atoms with Crippen molar-refractivity contribution in [3.63, 3.8) is 0 Å². The van der Waals surface area contributed by atoms with Gasteiger partial charge in [0.05, 0.1) is 6.04 Å². The van der Waals surface area contributed by atoms with Crippen molar-refractivity contribution in [2.75, 3.05) is 0 Å². The SMILES string of the molecule is N[C@H](c1ccc(Oc2ccccc2)cc1)C(F)F. The standard InChI is InChI=1S/C14H13F2NO/c15-14(16)13(17)10-6-8-12(9-7-10)18-11-4-2-1-3-5-11/h1-9,13-14H,17H2/t13-/m1/s1. The van der Waals surface area contributed by atoms with Gasteiger partial charge in [0.25, 0.3) is 6.43 Å². The van der Waals surface area contributed by atoms with Gasteiger partial charge in [-0.25, -0.2) is 8.78 Å². The van der Waals surface area contributed by atoms with Crippen LogP contribution in [0.4, 0.5) is 8.78 Å². The molecule has 0 saturated heterocycles. The van der Waals surface area contributed by atoms with Crippen molar-refractivity contribution in [1.29, 1.82) is 0 Å². The first kappa shape index (κ1) is 12.5. The minimum absolute atomic E-state index is 0.394. The quantitative estimate of drug-likeness (QED) is 0.895. The molecule has 0 unspecified atom stereocenters. The largest absolute Gasteiger partial charge is 0.457 e. The maximum absolute atomic E-state index is 12.4. The highest BCUT2D eigenvalue weighted by Crippen LogP contribution is 2.24. The Morgan fingerprint density at radius 1 is 0.833 bits per heavy atom. The van der Waals surface area contributed by atoms with E-state index in [9.17, 15) is 8.78 Å². The number of alkyl halides is 2. The predicted molar refractivity (Wildman–Crippen MR) is 65.9 cm³/mol. The van der Waals surface area contributed by atoms with E-state index >= 15 is 0 Å². The van der Waals surface area contributed by atoms with Gasteiger partial charge in [0.15, 0.2) is 0 Å². The van der Waals surface area contributed by atoms with Crippen LogP contribution in [-0.4, -0.2) is 6.43 Å². The van der Waals surface area contributed by atoms with Crippen LogP contribution in [0.15, 0.2) is 54.6 Å². The average Bonchev–Trinajstić information content (AvgIpc) is 2.40. The summed E-state index contributed by atoms with van der Waals surface area (Å²) in [7, 11) is 0. The molecule has 0 bridgehead atoms. The molecule has 0 fully saturated rings. The Kier molecular flexibility index (Phi) is 3.89. The topological polar surface area (TPSA) is 35.2 Å². The third kappa shape index (κ3) is 3.05. The second-order valence-electron chi connectivity index (χ2n) is 3.84. The Morgan fingerprint density at radius 2 is 1.39 bits per heavy atom. The van der Waals surface area contributed by atoms with Crippen LogP contribution in [0, 0.1) is 0 Å². The molecular formula is C14H13F2NO. The molecular weight excluding hydrogens is 236 g/mol. The number of benzene rings is 2. The molecule has 2 nitrogen and oxygen atoms in total. The molecule has 18 heavy (non-hydrogen) atoms. The molecule has 2 rings (SSSR count). The number of nitrogens with two attached hydrogens (primary N) is 1. The molecule has 0 spiro atoms. The van der Waals surface area contributed by atoms with Crippen molar-refractivity contribution in [2.45, 2.75) is 12.5 Å². The molecule has 0 aromatic heterocycles. The van der Waals surface area contributed by atoms with Gasteiger partial charge in [-0.05, 0) is 29.8 Å². The number of hydrogen-bond acceptors (Lipinski definition) is 2. The van der Waals surface area contributed by atoms with Crippen LogP contribution in [0.25, 0.3) is 0 Å². The third-order valence-electron chi connectivity index (χ3n) is 2.52. The summed E-state index contributed by atoms with van der Waals surface area (Å²) in [6.07, 6.45) is -2.56. The number of hydrogen-bond donors (Lipinski definition) is 1. The highest BCUT2D eigenvalue weighted by atomic mass is 19.3. The Morgan fingerprint density at radius 3 is 1.94 bits per heavy atom. The molecule has 4 heteroatoms. The summed E-state index contributed by atoms with van der Waals surface area (Å²) in [6.45, 7) is 0. The van der Waals surface area contributed by atoms with Crippen LogP contribution in [0.2, 0.25) is 0 Å². The van der Waals surface area contributed by atoms with Gasteiger partial charge in [0.2, 0.25) is 0 Å². The molecule has 0 aliphatic rings. The average molecular weight is 249 g/mol. The summed E-state index contributed by atoms with van der Waals surface area (Å²) in [5.41, 5.74) is 5.74. The van der Waals surface area contributed by atoms with Crippen LogP contribution >= 0.6 is 0 Å². The van der Waals surface area contributed by atoms with E-state index in [0.717, 1.165) is 0 Å². The van der Waals surface area contributed by atoms with Gasteiger partial charge in [-0.1, -0.05) is 30.3 Å². The number of para-hydroxylation sites is 1. The highest BCUT2D eigenvalue weighted by Gasteiger charge is 2.17. The molecule has 2 N–H and O–H groups in total. The zero-order valence-electron chi connectivity index (χ0n) is 9.59. The lowest BCUT2D eigenvalue weighted by Crippen LogP contribution is -2.18. The van der Waals surface area contributed by atoms with Crippen molar-refractivity contribution >= 4 is 0 Å². The summed E-state index contributed by atoms with van der Waals surface area (Å²) >= 11 is 0. The zero-order chi connectivity index (χ0) is 13.0. The van der Waals surface area contributed by atoms with Gasteiger partial charge in [0, 0.05) is 0 Å². The van der Waals surface area contributed by atoms with E-state index < -0.39 is 12.5 Å². The lowest BCUT2D eigenvalue weighted by atomic mass is 10.1. The minimum atomic E-state index is -2.56. The molecule has 94 valence electrons. The summed E-state index contributed by atoms with van der Waals surface area (Å²) in [6, 6.07) is 14.3. The Hall–Kier alpha value is -1.94. The van der Waals surface area contributed by atoms with Crippen LogP contribution in [0.5, 0.6) is 11.5 Å². The first-order valence-electron chi connectivity index (χ1n) is 5.53. The summed E-state index contributed by atoms with van der Waals surface area (Å²) < 4.78 is 30.4. The van der Waals surface area contributed by atoms with Gasteiger partial charge in [-0.2, -0.15) is 0 Å². The van der Waals surface area contributed by atoms with E-state index in [-0.39, 0.29) is 0 Å². The maximum Gasteiger partial charge on any atom is 0.257 e. The molecule has 0 heterocycles. The first-order chi connectivity index (χ1) is 8.66. The summed E-state index contributed by atoms with van der Waals surface area (Å²) in [5, 5.41) is 0. The second kappa shape index (κ2) is 5.60. The molecule has 0 aliphatic heterocycles. The fraction of sp³-hybridized carbons (Fsp3) is 0.143. The Bertz CT molecular complexity index is 485. The van der Waals surface area contributed by atoms with Crippen molar-refractivity contribution in [1.82, 2.24) is 0 Å². The molecule has 0 aliphatic carbocycles. The van der Waals surface area contributed by atoms with Crippen LogP contribution in [0.3, 0.4) is 0 Å². The molecule has 0 saturated carbocycles. The van der Waals surface area contributed by atoms with Crippen LogP contribution in [0.1, 0.15) is 11.6 Å². The molecule has 0 amide bonds. The molecule has 1 atom stereocenters. The van der Waals surface area contributed by atoms with Crippen LogP contribution < -0.4 is 10.5 Å². The van der Waals surface area contributed by atoms with E-state index in [1.54, 1.807) is 24.3 Å². The maximum atomic E-state index is 12.4. The van der Waals surface area contributed by atoms with Gasteiger partial charge < -0.3 is 10.5 Å². The number of ether oxygens (including phenoxy) is 1. The van der Waals surface area contributed by atoms with E-state index in [4.69, 9.17) is 10.5 Å². The van der Waals surface area contributed by atoms with E-state index in [1.807, 2.05) is 30.3 Å². The molecule has 2 aromatic rings. The van der Waals surface area contributed by atoms with Crippen molar-refractivity contribution < 1.29 is 13.5 Å². The smallest absolute Gasteiger partial charge is 0.257 e. The molecule has 0 radical (unpaired) electrons. The monoisotopic (exact) mass is 249 g/mol. The fourth-order valence-corrected chi connectivity index (χ4v) is 1.53. The van der Waals surface area contributed by atoms with Gasteiger partial charge in [-0.3, -0.25) is 0 Å². The second-order valence-corrected chi connectivity index (χ2v) is 3.84. The lowest BCUT2D eigenvalue weighted by molar-refractivity contribution is 0.116. The van der Waals surface area contributed by atoms with Crippen molar-refractivity contribution in [3.05, 3.63) is 60.2 Å². The first-order valence-corrected chi connectivity index (χ1v) is 5.53. The van der Waals surface area contributed by atoms with Crippen molar-refractivity contribution in [3.8, 4) is 11.5 Å². The summed E-state index contributed by atoms with van der Waals surface area (Å²) in [4.78, 5) is 0.